The van der Waals surface area contributed by atoms with Crippen molar-refractivity contribution >= 4 is 10.9 Å². The average molecular weight is 352 g/mol. The van der Waals surface area contributed by atoms with E-state index in [1.807, 2.05) is 48.7 Å². The molecule has 0 unspecified atom stereocenters. The summed E-state index contributed by atoms with van der Waals surface area (Å²) in [7, 11) is 0. The lowest BCUT2D eigenvalue weighted by Crippen LogP contribution is -2.36. The molecule has 0 radical (unpaired) electrons. The molecule has 6 heteroatoms. The predicted molar refractivity (Wildman–Crippen MR) is 100.0 cm³/mol. The molecule has 3 aromatic rings. The number of benzene rings is 1. The van der Waals surface area contributed by atoms with Crippen LogP contribution in [0.15, 0.2) is 39.6 Å². The number of rotatable bonds is 4. The van der Waals surface area contributed by atoms with Gasteiger partial charge in [-0.15, -0.1) is 0 Å². The van der Waals surface area contributed by atoms with Crippen molar-refractivity contribution in [2.75, 3.05) is 13.1 Å². The van der Waals surface area contributed by atoms with E-state index in [4.69, 9.17) is 4.52 Å². The molecule has 1 aromatic carbocycles. The van der Waals surface area contributed by atoms with E-state index in [0.717, 1.165) is 61.8 Å². The van der Waals surface area contributed by atoms with Crippen molar-refractivity contribution in [3.05, 3.63) is 58.0 Å². The van der Waals surface area contributed by atoms with E-state index in [2.05, 4.69) is 15.0 Å². The lowest BCUT2D eigenvalue weighted by molar-refractivity contribution is 0.162. The monoisotopic (exact) mass is 352 g/mol. The third-order valence-electron chi connectivity index (χ3n) is 5.26. The Balaban J connectivity index is 1.43. The molecule has 2 aromatic heterocycles. The molecule has 0 spiro atoms. The van der Waals surface area contributed by atoms with E-state index in [9.17, 15) is 4.79 Å². The second kappa shape index (κ2) is 7.03. The van der Waals surface area contributed by atoms with E-state index in [-0.39, 0.29) is 5.56 Å². The molecule has 0 aliphatic carbocycles. The highest BCUT2D eigenvalue weighted by molar-refractivity contribution is 5.77. The van der Waals surface area contributed by atoms with Gasteiger partial charge in [-0.25, -0.2) is 4.98 Å². The summed E-state index contributed by atoms with van der Waals surface area (Å²) < 4.78 is 7.00. The van der Waals surface area contributed by atoms with Gasteiger partial charge in [0.1, 0.15) is 11.6 Å². The number of fused-ring (bicyclic) bond motifs is 1. The van der Waals surface area contributed by atoms with Gasteiger partial charge in [-0.1, -0.05) is 17.3 Å². The molecule has 6 nitrogen and oxygen atoms in total. The Morgan fingerprint density at radius 2 is 1.96 bits per heavy atom. The first-order valence-electron chi connectivity index (χ1n) is 9.21. The summed E-state index contributed by atoms with van der Waals surface area (Å²) in [6, 6.07) is 9.58. The fourth-order valence-corrected chi connectivity index (χ4v) is 3.80. The Labute approximate surface area is 152 Å². The van der Waals surface area contributed by atoms with E-state index >= 15 is 0 Å². The van der Waals surface area contributed by atoms with Crippen LogP contribution in [0.5, 0.6) is 0 Å². The minimum Gasteiger partial charge on any atom is -0.361 e. The summed E-state index contributed by atoms with van der Waals surface area (Å²) >= 11 is 0. The van der Waals surface area contributed by atoms with Crippen LogP contribution in [0, 0.1) is 19.8 Å². The van der Waals surface area contributed by atoms with Crippen LogP contribution in [0.3, 0.4) is 0 Å². The van der Waals surface area contributed by atoms with Gasteiger partial charge in [0.05, 0.1) is 16.6 Å². The first-order chi connectivity index (χ1) is 12.6. The van der Waals surface area contributed by atoms with Crippen molar-refractivity contribution < 1.29 is 4.52 Å². The van der Waals surface area contributed by atoms with Crippen LogP contribution in [0.2, 0.25) is 0 Å². The third-order valence-corrected chi connectivity index (χ3v) is 5.26. The van der Waals surface area contributed by atoms with E-state index in [0.29, 0.717) is 11.3 Å². The number of hydrogen-bond donors (Lipinski definition) is 0. The van der Waals surface area contributed by atoms with Gasteiger partial charge in [-0.3, -0.25) is 14.3 Å². The fraction of sp³-hybridized carbons (Fsp3) is 0.450. The molecule has 1 aliphatic rings. The van der Waals surface area contributed by atoms with Gasteiger partial charge in [0.2, 0.25) is 0 Å². The van der Waals surface area contributed by atoms with Crippen LogP contribution in [-0.2, 0) is 13.1 Å². The molecule has 3 heterocycles. The van der Waals surface area contributed by atoms with Gasteiger partial charge in [0.15, 0.2) is 0 Å². The van der Waals surface area contributed by atoms with Crippen molar-refractivity contribution in [2.45, 2.75) is 39.8 Å². The quantitative estimate of drug-likeness (QED) is 0.722. The highest BCUT2D eigenvalue weighted by atomic mass is 16.5. The van der Waals surface area contributed by atoms with Gasteiger partial charge in [-0.2, -0.15) is 0 Å². The van der Waals surface area contributed by atoms with Crippen molar-refractivity contribution in [3.8, 4) is 0 Å². The predicted octanol–water partition coefficient (Wildman–Crippen LogP) is 2.91. The number of piperidine rings is 1. The summed E-state index contributed by atoms with van der Waals surface area (Å²) in [6.07, 6.45) is 2.16. The standard InChI is InChI=1S/C20H24N4O2/c1-14-11-17(22-26-14)13-23-9-7-16(8-10-23)12-24-15(2)21-19-6-4-3-5-18(19)20(24)25/h3-6,11,16H,7-10,12-13H2,1-2H3. The summed E-state index contributed by atoms with van der Waals surface area (Å²) in [6.45, 7) is 7.47. The number of aryl methyl sites for hydroxylation is 2. The van der Waals surface area contributed by atoms with Gasteiger partial charge in [0.25, 0.3) is 5.56 Å². The van der Waals surface area contributed by atoms with Crippen molar-refractivity contribution in [1.29, 1.82) is 0 Å². The molecule has 1 fully saturated rings. The molecule has 0 bridgehead atoms. The van der Waals surface area contributed by atoms with Crippen LogP contribution < -0.4 is 5.56 Å². The number of aromatic nitrogens is 3. The van der Waals surface area contributed by atoms with Crippen LogP contribution in [0.4, 0.5) is 0 Å². The highest BCUT2D eigenvalue weighted by Gasteiger charge is 2.22. The largest absolute Gasteiger partial charge is 0.361 e. The highest BCUT2D eigenvalue weighted by Crippen LogP contribution is 2.21. The van der Waals surface area contributed by atoms with Crippen LogP contribution in [0.1, 0.15) is 30.1 Å². The van der Waals surface area contributed by atoms with Crippen molar-refractivity contribution in [1.82, 2.24) is 19.6 Å². The van der Waals surface area contributed by atoms with Gasteiger partial charge in [-0.05, 0) is 57.8 Å². The maximum absolute atomic E-state index is 12.8. The number of para-hydroxylation sites is 1. The summed E-state index contributed by atoms with van der Waals surface area (Å²) in [4.78, 5) is 19.8. The maximum Gasteiger partial charge on any atom is 0.261 e. The smallest absolute Gasteiger partial charge is 0.261 e. The second-order valence-electron chi connectivity index (χ2n) is 7.24. The molecule has 1 saturated heterocycles. The average Bonchev–Trinajstić information content (AvgIpc) is 3.05. The molecular weight excluding hydrogens is 328 g/mol. The van der Waals surface area contributed by atoms with E-state index in [1.165, 1.54) is 0 Å². The zero-order chi connectivity index (χ0) is 18.1. The fourth-order valence-electron chi connectivity index (χ4n) is 3.80. The van der Waals surface area contributed by atoms with E-state index < -0.39 is 0 Å². The molecule has 0 N–H and O–H groups in total. The van der Waals surface area contributed by atoms with Crippen LogP contribution in [-0.4, -0.2) is 32.7 Å². The Hall–Kier alpha value is -2.47. The Kier molecular flexibility index (Phi) is 4.59. The lowest BCUT2D eigenvalue weighted by Gasteiger charge is -2.31. The lowest BCUT2D eigenvalue weighted by atomic mass is 9.96. The molecule has 26 heavy (non-hydrogen) atoms. The molecule has 4 rings (SSSR count). The maximum atomic E-state index is 12.8. The Morgan fingerprint density at radius 3 is 2.69 bits per heavy atom. The minimum absolute atomic E-state index is 0.0774. The molecule has 136 valence electrons. The SMILES string of the molecule is Cc1cc(CN2CCC(Cn3c(C)nc4ccccc4c3=O)CC2)no1. The zero-order valence-electron chi connectivity index (χ0n) is 15.3. The second-order valence-corrected chi connectivity index (χ2v) is 7.24. The summed E-state index contributed by atoms with van der Waals surface area (Å²) in [5.74, 6) is 2.16. The molecule has 0 saturated carbocycles. The number of hydrogen-bond acceptors (Lipinski definition) is 5. The first-order valence-corrected chi connectivity index (χ1v) is 9.21. The third kappa shape index (κ3) is 3.42. The van der Waals surface area contributed by atoms with E-state index in [1.54, 1.807) is 0 Å². The number of nitrogens with zero attached hydrogens (tertiary/aromatic N) is 4. The van der Waals surface area contributed by atoms with Crippen LogP contribution in [0.25, 0.3) is 10.9 Å². The topological polar surface area (TPSA) is 64.2 Å². The minimum atomic E-state index is 0.0774. The van der Waals surface area contributed by atoms with Gasteiger partial charge < -0.3 is 4.52 Å². The molecule has 0 atom stereocenters. The van der Waals surface area contributed by atoms with Gasteiger partial charge in [0, 0.05) is 19.2 Å². The molecule has 1 aliphatic heterocycles. The summed E-state index contributed by atoms with van der Waals surface area (Å²) in [5, 5.41) is 4.78. The first kappa shape index (κ1) is 17.0. The molecular formula is C20H24N4O2. The van der Waals surface area contributed by atoms with Crippen molar-refractivity contribution in [3.63, 3.8) is 0 Å². The van der Waals surface area contributed by atoms with Crippen molar-refractivity contribution in [2.24, 2.45) is 5.92 Å². The number of likely N-dealkylation sites (tertiary alicyclic amines) is 1. The van der Waals surface area contributed by atoms with Crippen LogP contribution >= 0.6 is 0 Å². The normalized spacial score (nSPS) is 16.4. The molecule has 0 amide bonds. The Morgan fingerprint density at radius 1 is 1.19 bits per heavy atom. The summed E-state index contributed by atoms with van der Waals surface area (Å²) in [5.41, 5.74) is 1.85. The van der Waals surface area contributed by atoms with Gasteiger partial charge >= 0.3 is 0 Å². The Bertz CT molecular complexity index is 967. The zero-order valence-corrected chi connectivity index (χ0v) is 15.3.